The molecule has 0 saturated carbocycles. The average Bonchev–Trinajstić information content (AvgIpc) is 3.35. The van der Waals surface area contributed by atoms with Crippen molar-refractivity contribution >= 4 is 34.4 Å². The van der Waals surface area contributed by atoms with Crippen LogP contribution >= 0.6 is 11.6 Å². The van der Waals surface area contributed by atoms with E-state index in [-0.39, 0.29) is 11.9 Å². The highest BCUT2D eigenvalue weighted by Crippen LogP contribution is 2.34. The molecule has 0 aliphatic carbocycles. The van der Waals surface area contributed by atoms with Crippen LogP contribution < -0.4 is 5.73 Å². The zero-order valence-electron chi connectivity index (χ0n) is 16.0. The molecule has 3 aromatic rings. The molecule has 1 atom stereocenters. The quantitative estimate of drug-likeness (QED) is 0.686. The average molecular weight is 413 g/mol. The number of nitrogens with two attached hydrogens (primary N) is 1. The van der Waals surface area contributed by atoms with Crippen LogP contribution in [0.5, 0.6) is 0 Å². The number of pyridine rings is 1. The zero-order chi connectivity index (χ0) is 20.1. The number of benzene rings is 1. The third-order valence-corrected chi connectivity index (χ3v) is 5.95. The molecule has 5 rings (SSSR count). The number of aromatic amines is 1. The number of rotatable bonds is 3. The van der Waals surface area contributed by atoms with Crippen LogP contribution in [0, 0.1) is 0 Å². The Morgan fingerprint density at radius 2 is 2.10 bits per heavy atom. The number of halogens is 1. The molecule has 150 valence electrons. The molecule has 0 radical (unpaired) electrons. The van der Waals surface area contributed by atoms with Gasteiger partial charge in [0.1, 0.15) is 11.5 Å². The van der Waals surface area contributed by atoms with Crippen LogP contribution in [0.25, 0.3) is 11.0 Å². The fraction of sp³-hybridized carbons (Fsp3) is 0.333. The van der Waals surface area contributed by atoms with E-state index in [4.69, 9.17) is 26.8 Å². The van der Waals surface area contributed by atoms with Gasteiger partial charge in [-0.1, -0.05) is 17.7 Å². The van der Waals surface area contributed by atoms with E-state index in [0.29, 0.717) is 55.0 Å². The number of H-pyrrole nitrogens is 1. The number of nitrogen functional groups attached to an aromatic ring is 1. The Morgan fingerprint density at radius 1 is 1.28 bits per heavy atom. The van der Waals surface area contributed by atoms with E-state index in [1.54, 1.807) is 6.07 Å². The number of hydrogen-bond acceptors (Lipinski definition) is 5. The fourth-order valence-corrected chi connectivity index (χ4v) is 4.46. The van der Waals surface area contributed by atoms with Crippen molar-refractivity contribution in [2.45, 2.75) is 32.8 Å². The summed E-state index contributed by atoms with van der Waals surface area (Å²) in [5.74, 6) is 0.356. The number of aromatic nitrogens is 2. The highest BCUT2D eigenvalue weighted by Gasteiger charge is 2.31. The lowest BCUT2D eigenvalue weighted by molar-refractivity contribution is 0.0283. The van der Waals surface area contributed by atoms with Gasteiger partial charge in [0.15, 0.2) is 0 Å². The maximum Gasteiger partial charge on any atom is 0.270 e. The van der Waals surface area contributed by atoms with E-state index in [9.17, 15) is 4.79 Å². The number of ether oxygens (including phenoxy) is 2. The smallest absolute Gasteiger partial charge is 0.270 e. The Hall–Kier alpha value is -2.61. The summed E-state index contributed by atoms with van der Waals surface area (Å²) in [6, 6.07) is 7.34. The molecule has 1 amide bonds. The lowest BCUT2D eigenvalue weighted by atomic mass is 9.97. The van der Waals surface area contributed by atoms with Gasteiger partial charge in [-0.25, -0.2) is 4.98 Å². The van der Waals surface area contributed by atoms with Gasteiger partial charge in [0.05, 0.1) is 43.5 Å². The first-order valence-electron chi connectivity index (χ1n) is 9.61. The van der Waals surface area contributed by atoms with Crippen molar-refractivity contribution in [1.82, 2.24) is 14.9 Å². The number of likely N-dealkylation sites (N-methyl/N-ethyl adjacent to an activating group) is 1. The third-order valence-electron chi connectivity index (χ3n) is 5.71. The molecule has 1 aromatic carbocycles. The molecule has 2 aromatic heterocycles. The van der Waals surface area contributed by atoms with Crippen LogP contribution in [0.2, 0.25) is 5.02 Å². The SMILES string of the molecule is CCN(C(=O)c1cc2nc(N)c3c(c2[nH]1)COC3)[C@@H]1COCc2cc(Cl)ccc21. The summed E-state index contributed by atoms with van der Waals surface area (Å²) in [5, 5.41) is 0.665. The Balaban J connectivity index is 1.53. The molecule has 2 aliphatic heterocycles. The van der Waals surface area contributed by atoms with Crippen molar-refractivity contribution in [3.63, 3.8) is 0 Å². The summed E-state index contributed by atoms with van der Waals surface area (Å²) >= 11 is 6.13. The molecule has 0 unspecified atom stereocenters. The van der Waals surface area contributed by atoms with Gasteiger partial charge in [-0.2, -0.15) is 0 Å². The molecule has 29 heavy (non-hydrogen) atoms. The van der Waals surface area contributed by atoms with Gasteiger partial charge >= 0.3 is 0 Å². The molecule has 0 bridgehead atoms. The molecule has 2 aliphatic rings. The molecule has 7 nitrogen and oxygen atoms in total. The molecule has 4 heterocycles. The number of anilines is 1. The maximum atomic E-state index is 13.4. The second kappa shape index (κ2) is 7.02. The highest BCUT2D eigenvalue weighted by atomic mass is 35.5. The summed E-state index contributed by atoms with van der Waals surface area (Å²) in [5.41, 5.74) is 12.0. The van der Waals surface area contributed by atoms with Crippen LogP contribution in [0.3, 0.4) is 0 Å². The van der Waals surface area contributed by atoms with Crippen molar-refractivity contribution in [3.8, 4) is 0 Å². The zero-order valence-corrected chi connectivity index (χ0v) is 16.8. The Morgan fingerprint density at radius 3 is 2.93 bits per heavy atom. The lowest BCUT2D eigenvalue weighted by Gasteiger charge is -2.35. The van der Waals surface area contributed by atoms with Crippen LogP contribution in [-0.2, 0) is 29.3 Å². The molecule has 0 saturated heterocycles. The fourth-order valence-electron chi connectivity index (χ4n) is 4.27. The second-order valence-electron chi connectivity index (χ2n) is 7.36. The van der Waals surface area contributed by atoms with Crippen molar-refractivity contribution in [2.24, 2.45) is 0 Å². The number of amides is 1. The minimum Gasteiger partial charge on any atom is -0.383 e. The lowest BCUT2D eigenvalue weighted by Crippen LogP contribution is -2.39. The van der Waals surface area contributed by atoms with Crippen LogP contribution in [0.4, 0.5) is 5.82 Å². The van der Waals surface area contributed by atoms with Crippen molar-refractivity contribution in [2.75, 3.05) is 18.9 Å². The monoisotopic (exact) mass is 412 g/mol. The number of hydrogen-bond donors (Lipinski definition) is 2. The maximum absolute atomic E-state index is 13.4. The Bertz CT molecular complexity index is 1130. The first-order valence-corrected chi connectivity index (χ1v) is 9.99. The molecule has 0 fully saturated rings. The summed E-state index contributed by atoms with van der Waals surface area (Å²) < 4.78 is 11.3. The topological polar surface area (TPSA) is 93.5 Å². The number of carbonyl (C=O) groups excluding carboxylic acids is 1. The largest absolute Gasteiger partial charge is 0.383 e. The van der Waals surface area contributed by atoms with E-state index < -0.39 is 0 Å². The van der Waals surface area contributed by atoms with Gasteiger partial charge in [0.25, 0.3) is 5.91 Å². The minimum absolute atomic E-state index is 0.104. The van der Waals surface area contributed by atoms with E-state index in [1.807, 2.05) is 30.0 Å². The first-order chi connectivity index (χ1) is 14.1. The minimum atomic E-state index is -0.174. The number of carbonyl (C=O) groups is 1. The van der Waals surface area contributed by atoms with E-state index in [1.165, 1.54) is 0 Å². The number of fused-ring (bicyclic) bond motifs is 4. The highest BCUT2D eigenvalue weighted by molar-refractivity contribution is 6.30. The van der Waals surface area contributed by atoms with Gasteiger partial charge in [0.2, 0.25) is 0 Å². The van der Waals surface area contributed by atoms with Gasteiger partial charge in [-0.05, 0) is 36.2 Å². The van der Waals surface area contributed by atoms with Gasteiger partial charge in [0, 0.05) is 22.7 Å². The normalized spacial score (nSPS) is 17.9. The van der Waals surface area contributed by atoms with Crippen LogP contribution in [0.1, 0.15) is 45.7 Å². The number of nitrogens with one attached hydrogen (secondary N) is 1. The van der Waals surface area contributed by atoms with Crippen LogP contribution in [-0.4, -0.2) is 33.9 Å². The van der Waals surface area contributed by atoms with Gasteiger partial charge in [-0.15, -0.1) is 0 Å². The molecular formula is C21H21ClN4O3. The summed E-state index contributed by atoms with van der Waals surface area (Å²) in [6.07, 6.45) is 0. The van der Waals surface area contributed by atoms with E-state index >= 15 is 0 Å². The van der Waals surface area contributed by atoms with Gasteiger partial charge in [-0.3, -0.25) is 4.79 Å². The standard InChI is InChI=1S/C21H21ClN4O3/c1-2-26(18-10-28-7-11-5-12(22)3-4-13(11)18)21(27)17-6-16-19(24-17)14-8-29-9-15(14)20(23)25-16/h3-6,18,24H,2,7-10H2,1H3,(H2,23,25)/t18-/m1/s1. The predicted molar refractivity (Wildman–Crippen MR) is 110 cm³/mol. The third kappa shape index (κ3) is 2.97. The second-order valence-corrected chi connectivity index (χ2v) is 7.79. The number of nitrogens with zero attached hydrogens (tertiary/aromatic N) is 2. The molecule has 3 N–H and O–H groups in total. The summed E-state index contributed by atoms with van der Waals surface area (Å²) in [6.45, 7) is 4.37. The van der Waals surface area contributed by atoms with Crippen molar-refractivity contribution < 1.29 is 14.3 Å². The van der Waals surface area contributed by atoms with Crippen molar-refractivity contribution in [1.29, 1.82) is 0 Å². The van der Waals surface area contributed by atoms with Gasteiger partial charge < -0.3 is 25.1 Å². The summed E-state index contributed by atoms with van der Waals surface area (Å²) in [7, 11) is 0. The van der Waals surface area contributed by atoms with Crippen LogP contribution in [0.15, 0.2) is 24.3 Å². The molecule has 0 spiro atoms. The molecule has 8 heteroatoms. The van der Waals surface area contributed by atoms with E-state index in [2.05, 4.69) is 9.97 Å². The predicted octanol–water partition coefficient (Wildman–Crippen LogP) is 3.56. The Labute approximate surface area is 172 Å². The first kappa shape index (κ1) is 18.4. The van der Waals surface area contributed by atoms with E-state index in [0.717, 1.165) is 27.8 Å². The molecular weight excluding hydrogens is 392 g/mol. The summed E-state index contributed by atoms with van der Waals surface area (Å²) in [4.78, 5) is 23.0. The van der Waals surface area contributed by atoms with Crippen molar-refractivity contribution in [3.05, 3.63) is 57.2 Å². The Kier molecular flexibility index (Phi) is 4.46.